The van der Waals surface area contributed by atoms with Crippen LogP contribution < -0.4 is 5.32 Å². The van der Waals surface area contributed by atoms with E-state index in [0.717, 1.165) is 19.4 Å². The minimum absolute atomic E-state index is 0.0482. The molecule has 3 nitrogen and oxygen atoms in total. The van der Waals surface area contributed by atoms with Gasteiger partial charge in [-0.25, -0.2) is 0 Å². The molecule has 0 radical (unpaired) electrons. The lowest BCUT2D eigenvalue weighted by Gasteiger charge is -2.29. The van der Waals surface area contributed by atoms with Crippen LogP contribution in [0.5, 0.6) is 0 Å². The lowest BCUT2D eigenvalue weighted by molar-refractivity contribution is 0.00758. The molecule has 0 saturated heterocycles. The van der Waals surface area contributed by atoms with Crippen molar-refractivity contribution in [2.45, 2.75) is 58.2 Å². The molecule has 0 aliphatic carbocycles. The summed E-state index contributed by atoms with van der Waals surface area (Å²) in [5, 5.41) is 3.55. The van der Waals surface area contributed by atoms with Crippen molar-refractivity contribution in [3.05, 3.63) is 0 Å². The number of nitrogens with one attached hydrogen (secondary N) is 1. The van der Waals surface area contributed by atoms with E-state index in [-0.39, 0.29) is 5.60 Å². The predicted octanol–water partition coefficient (Wildman–Crippen LogP) is 2.20. The van der Waals surface area contributed by atoms with E-state index >= 15 is 0 Å². The first kappa shape index (κ1) is 14.9. The van der Waals surface area contributed by atoms with Crippen LogP contribution in [0.4, 0.5) is 0 Å². The summed E-state index contributed by atoms with van der Waals surface area (Å²) < 4.78 is 10.5. The molecule has 2 atom stereocenters. The summed E-state index contributed by atoms with van der Waals surface area (Å²) in [5.74, 6) is 0. The van der Waals surface area contributed by atoms with Crippen molar-refractivity contribution in [2.24, 2.45) is 0 Å². The predicted molar refractivity (Wildman–Crippen MR) is 64.3 cm³/mol. The molecule has 0 aromatic heterocycles. The van der Waals surface area contributed by atoms with Crippen LogP contribution in [0.15, 0.2) is 0 Å². The molecule has 0 spiro atoms. The fraction of sp³-hybridized carbons (Fsp3) is 1.00. The Bertz CT molecular complexity index is 160. The van der Waals surface area contributed by atoms with E-state index in [9.17, 15) is 0 Å². The van der Waals surface area contributed by atoms with Gasteiger partial charge in [0.05, 0.1) is 5.60 Å². The quantitative estimate of drug-likeness (QED) is 0.676. The van der Waals surface area contributed by atoms with Gasteiger partial charge in [0.15, 0.2) is 0 Å². The second-order valence-corrected chi connectivity index (χ2v) is 4.92. The topological polar surface area (TPSA) is 30.5 Å². The number of ether oxygens (including phenoxy) is 2. The zero-order valence-corrected chi connectivity index (χ0v) is 11.1. The van der Waals surface area contributed by atoms with E-state index in [4.69, 9.17) is 9.47 Å². The van der Waals surface area contributed by atoms with Crippen LogP contribution in [0.3, 0.4) is 0 Å². The molecule has 0 aromatic rings. The normalized spacial score (nSPS) is 16.4. The smallest absolute Gasteiger partial charge is 0.0637 e. The van der Waals surface area contributed by atoms with E-state index < -0.39 is 0 Å². The Kier molecular flexibility index (Phi) is 7.14. The van der Waals surface area contributed by atoms with Crippen LogP contribution in [0.1, 0.15) is 40.5 Å². The number of hydrogen-bond acceptors (Lipinski definition) is 3. The molecule has 0 amide bonds. The van der Waals surface area contributed by atoms with Crippen LogP contribution >= 0.6 is 0 Å². The molecule has 1 N–H and O–H groups in total. The Morgan fingerprint density at radius 2 is 1.73 bits per heavy atom. The second-order valence-electron chi connectivity index (χ2n) is 4.92. The van der Waals surface area contributed by atoms with E-state index in [2.05, 4.69) is 33.0 Å². The maximum Gasteiger partial charge on any atom is 0.0637 e. The van der Waals surface area contributed by atoms with Crippen LogP contribution in [0.25, 0.3) is 0 Å². The van der Waals surface area contributed by atoms with E-state index in [1.165, 1.54) is 0 Å². The second kappa shape index (κ2) is 7.20. The lowest BCUT2D eigenvalue weighted by atomic mass is 9.99. The molecule has 0 saturated carbocycles. The van der Waals surface area contributed by atoms with Gasteiger partial charge in [-0.15, -0.1) is 0 Å². The SMILES string of the molecule is COCCC(C)NC(C)CC(C)(C)OC. The van der Waals surface area contributed by atoms with Gasteiger partial charge in [0.25, 0.3) is 0 Å². The summed E-state index contributed by atoms with van der Waals surface area (Å²) in [5.41, 5.74) is -0.0482. The standard InChI is InChI=1S/C12H27NO2/c1-10(7-8-14-5)13-11(2)9-12(3,4)15-6/h10-11,13H,7-9H2,1-6H3. The Labute approximate surface area is 94.5 Å². The highest BCUT2D eigenvalue weighted by Crippen LogP contribution is 2.15. The molecule has 0 aliphatic rings. The summed E-state index contributed by atoms with van der Waals surface area (Å²) in [6.45, 7) is 9.43. The highest BCUT2D eigenvalue weighted by Gasteiger charge is 2.20. The van der Waals surface area contributed by atoms with Gasteiger partial charge >= 0.3 is 0 Å². The molecule has 0 aromatic carbocycles. The van der Waals surface area contributed by atoms with Crippen LogP contribution in [-0.4, -0.2) is 38.5 Å². The largest absolute Gasteiger partial charge is 0.385 e. The van der Waals surface area contributed by atoms with Gasteiger partial charge in [0.1, 0.15) is 0 Å². The third-order valence-electron chi connectivity index (χ3n) is 2.67. The number of hydrogen-bond donors (Lipinski definition) is 1. The lowest BCUT2D eigenvalue weighted by Crippen LogP contribution is -2.40. The molecule has 0 heterocycles. The van der Waals surface area contributed by atoms with Crippen molar-refractivity contribution in [3.63, 3.8) is 0 Å². The highest BCUT2D eigenvalue weighted by atomic mass is 16.5. The van der Waals surface area contributed by atoms with Crippen LogP contribution in [-0.2, 0) is 9.47 Å². The monoisotopic (exact) mass is 217 g/mol. The first-order valence-corrected chi connectivity index (χ1v) is 5.71. The first-order valence-electron chi connectivity index (χ1n) is 5.71. The van der Waals surface area contributed by atoms with Gasteiger partial charge in [-0.1, -0.05) is 0 Å². The van der Waals surface area contributed by atoms with Crippen molar-refractivity contribution in [3.8, 4) is 0 Å². The molecule has 0 bridgehead atoms. The van der Waals surface area contributed by atoms with Gasteiger partial charge in [-0.3, -0.25) is 0 Å². The molecular formula is C12H27NO2. The zero-order chi connectivity index (χ0) is 11.9. The van der Waals surface area contributed by atoms with Gasteiger partial charge in [0.2, 0.25) is 0 Å². The third-order valence-corrected chi connectivity index (χ3v) is 2.67. The van der Waals surface area contributed by atoms with Gasteiger partial charge < -0.3 is 14.8 Å². The average Bonchev–Trinajstić information content (AvgIpc) is 2.13. The number of methoxy groups -OCH3 is 2. The first-order chi connectivity index (χ1) is 6.91. The molecule has 92 valence electrons. The number of rotatable bonds is 8. The Balaban J connectivity index is 3.77. The maximum absolute atomic E-state index is 5.41. The Morgan fingerprint density at radius 3 is 2.20 bits per heavy atom. The maximum atomic E-state index is 5.41. The van der Waals surface area contributed by atoms with Crippen molar-refractivity contribution >= 4 is 0 Å². The van der Waals surface area contributed by atoms with Crippen LogP contribution in [0, 0.1) is 0 Å². The van der Waals surface area contributed by atoms with Crippen molar-refractivity contribution in [1.82, 2.24) is 5.32 Å². The van der Waals surface area contributed by atoms with Gasteiger partial charge in [0, 0.05) is 32.9 Å². The summed E-state index contributed by atoms with van der Waals surface area (Å²) in [6.07, 6.45) is 2.06. The van der Waals surface area contributed by atoms with E-state index in [1.54, 1.807) is 14.2 Å². The molecule has 15 heavy (non-hydrogen) atoms. The molecule has 2 unspecified atom stereocenters. The molecular weight excluding hydrogens is 190 g/mol. The van der Waals surface area contributed by atoms with E-state index in [1.807, 2.05) is 0 Å². The minimum atomic E-state index is -0.0482. The summed E-state index contributed by atoms with van der Waals surface area (Å²) >= 11 is 0. The van der Waals surface area contributed by atoms with Crippen molar-refractivity contribution in [2.75, 3.05) is 20.8 Å². The molecule has 0 rings (SSSR count). The highest BCUT2D eigenvalue weighted by molar-refractivity contribution is 4.77. The fourth-order valence-electron chi connectivity index (χ4n) is 1.74. The summed E-state index contributed by atoms with van der Waals surface area (Å²) in [6, 6.07) is 0.958. The molecule has 3 heteroatoms. The zero-order valence-electron chi connectivity index (χ0n) is 11.1. The van der Waals surface area contributed by atoms with Crippen LogP contribution in [0.2, 0.25) is 0 Å². The minimum Gasteiger partial charge on any atom is -0.385 e. The average molecular weight is 217 g/mol. The van der Waals surface area contributed by atoms with Crippen molar-refractivity contribution in [1.29, 1.82) is 0 Å². The van der Waals surface area contributed by atoms with Gasteiger partial charge in [-0.05, 0) is 40.5 Å². The Hall–Kier alpha value is -0.120. The third kappa shape index (κ3) is 7.77. The van der Waals surface area contributed by atoms with E-state index in [0.29, 0.717) is 12.1 Å². The fourth-order valence-corrected chi connectivity index (χ4v) is 1.74. The Morgan fingerprint density at radius 1 is 1.13 bits per heavy atom. The summed E-state index contributed by atoms with van der Waals surface area (Å²) in [7, 11) is 3.51. The molecule has 0 fully saturated rings. The van der Waals surface area contributed by atoms with Gasteiger partial charge in [-0.2, -0.15) is 0 Å². The van der Waals surface area contributed by atoms with Crippen molar-refractivity contribution < 1.29 is 9.47 Å². The summed E-state index contributed by atoms with van der Waals surface area (Å²) in [4.78, 5) is 0. The molecule has 0 aliphatic heterocycles.